The largest absolute Gasteiger partial charge is 0.381 e. The number of hydrogen-bond donors (Lipinski definition) is 0. The van der Waals surface area contributed by atoms with Crippen LogP contribution < -0.4 is 0 Å². The van der Waals surface area contributed by atoms with Gasteiger partial charge in [0.2, 0.25) is 0 Å². The van der Waals surface area contributed by atoms with Crippen LogP contribution in [0, 0.1) is 11.8 Å². The Morgan fingerprint density at radius 3 is 2.79 bits per heavy atom. The lowest BCUT2D eigenvalue weighted by atomic mass is 9.69. The molecule has 0 aromatic heterocycles. The van der Waals surface area contributed by atoms with Crippen molar-refractivity contribution in [1.82, 2.24) is 0 Å². The molecule has 0 aromatic carbocycles. The van der Waals surface area contributed by atoms with Crippen LogP contribution in [0.5, 0.6) is 0 Å². The summed E-state index contributed by atoms with van der Waals surface area (Å²) in [6.45, 7) is 0. The third-order valence-corrected chi connectivity index (χ3v) is 4.97. The molecule has 2 saturated carbocycles. The number of carbonyl (C=O) groups excluding carboxylic acids is 1. The summed E-state index contributed by atoms with van der Waals surface area (Å²) in [5, 5.41) is 0. The maximum atomic E-state index is 11.9. The Labute approximate surface area is 98.9 Å². The maximum Gasteiger partial charge on any atom is 0.149 e. The molecule has 2 aliphatic rings. The number of ketones is 1. The molecule has 2 nitrogen and oxygen atoms in total. The smallest absolute Gasteiger partial charge is 0.149 e. The standard InChI is InChI=1S/C11H17IO2/c1-14-8-3-4-9-7(6-8)2-5-10(12)11(9)13/h7-10H,2-6H2,1H3. The Balaban J connectivity index is 2.02. The predicted molar refractivity (Wildman–Crippen MR) is 63.7 cm³/mol. The van der Waals surface area contributed by atoms with Crippen LogP contribution in [-0.4, -0.2) is 22.9 Å². The van der Waals surface area contributed by atoms with E-state index in [9.17, 15) is 4.79 Å². The van der Waals surface area contributed by atoms with E-state index in [2.05, 4.69) is 22.6 Å². The number of rotatable bonds is 1. The first-order chi connectivity index (χ1) is 6.72. The van der Waals surface area contributed by atoms with Crippen molar-refractivity contribution < 1.29 is 9.53 Å². The highest BCUT2D eigenvalue weighted by atomic mass is 127. The number of alkyl halides is 1. The molecule has 4 atom stereocenters. The van der Waals surface area contributed by atoms with Gasteiger partial charge in [-0.1, -0.05) is 22.6 Å². The second-order valence-electron chi connectivity index (χ2n) is 4.48. The average molecular weight is 308 g/mol. The lowest BCUT2D eigenvalue weighted by Crippen LogP contribution is -2.40. The summed E-state index contributed by atoms with van der Waals surface area (Å²) < 4.78 is 5.67. The van der Waals surface area contributed by atoms with Crippen molar-refractivity contribution >= 4 is 28.4 Å². The summed E-state index contributed by atoms with van der Waals surface area (Å²) in [7, 11) is 1.79. The molecule has 0 radical (unpaired) electrons. The summed E-state index contributed by atoms with van der Waals surface area (Å²) in [5.41, 5.74) is 0. The van der Waals surface area contributed by atoms with Gasteiger partial charge in [0.1, 0.15) is 5.78 Å². The molecule has 0 amide bonds. The summed E-state index contributed by atoms with van der Waals surface area (Å²) in [6, 6.07) is 0. The van der Waals surface area contributed by atoms with Gasteiger partial charge in [-0.3, -0.25) is 4.79 Å². The van der Waals surface area contributed by atoms with E-state index in [-0.39, 0.29) is 3.92 Å². The van der Waals surface area contributed by atoms with Gasteiger partial charge in [-0.15, -0.1) is 0 Å². The zero-order chi connectivity index (χ0) is 10.1. The van der Waals surface area contributed by atoms with Crippen LogP contribution in [0.3, 0.4) is 0 Å². The van der Waals surface area contributed by atoms with Crippen molar-refractivity contribution in [3.05, 3.63) is 0 Å². The number of ether oxygens (including phenoxy) is 1. The number of halogens is 1. The van der Waals surface area contributed by atoms with E-state index in [1.54, 1.807) is 7.11 Å². The lowest BCUT2D eigenvalue weighted by Gasteiger charge is -2.39. The van der Waals surface area contributed by atoms with Gasteiger partial charge in [-0.05, 0) is 38.0 Å². The van der Waals surface area contributed by atoms with Crippen LogP contribution in [0.2, 0.25) is 0 Å². The minimum absolute atomic E-state index is 0.285. The highest BCUT2D eigenvalue weighted by Crippen LogP contribution is 2.41. The van der Waals surface area contributed by atoms with Gasteiger partial charge >= 0.3 is 0 Å². The van der Waals surface area contributed by atoms with Crippen molar-refractivity contribution in [2.75, 3.05) is 7.11 Å². The zero-order valence-corrected chi connectivity index (χ0v) is 10.7. The molecule has 0 heterocycles. The van der Waals surface area contributed by atoms with E-state index in [1.807, 2.05) is 0 Å². The Morgan fingerprint density at radius 2 is 2.07 bits per heavy atom. The Morgan fingerprint density at radius 1 is 1.29 bits per heavy atom. The van der Waals surface area contributed by atoms with Crippen molar-refractivity contribution in [3.63, 3.8) is 0 Å². The molecule has 0 aliphatic heterocycles. The number of Topliss-reactive ketones (excluding diaryl/α,β-unsaturated/α-hetero) is 1. The van der Waals surface area contributed by atoms with Crippen molar-refractivity contribution in [1.29, 1.82) is 0 Å². The topological polar surface area (TPSA) is 26.3 Å². The van der Waals surface area contributed by atoms with Gasteiger partial charge in [0.25, 0.3) is 0 Å². The fourth-order valence-electron chi connectivity index (χ4n) is 2.86. The van der Waals surface area contributed by atoms with E-state index in [0.717, 1.165) is 25.7 Å². The number of methoxy groups -OCH3 is 1. The van der Waals surface area contributed by atoms with Gasteiger partial charge in [-0.25, -0.2) is 0 Å². The fraction of sp³-hybridized carbons (Fsp3) is 0.909. The van der Waals surface area contributed by atoms with Crippen LogP contribution >= 0.6 is 22.6 Å². The molecule has 4 unspecified atom stereocenters. The average Bonchev–Trinajstić information content (AvgIpc) is 2.23. The lowest BCUT2D eigenvalue weighted by molar-refractivity contribution is -0.128. The second kappa shape index (κ2) is 4.47. The third kappa shape index (κ3) is 1.98. The van der Waals surface area contributed by atoms with Crippen LogP contribution in [-0.2, 0) is 9.53 Å². The van der Waals surface area contributed by atoms with E-state index < -0.39 is 0 Å². The van der Waals surface area contributed by atoms with Crippen LogP contribution in [0.15, 0.2) is 0 Å². The van der Waals surface area contributed by atoms with Gasteiger partial charge in [0.05, 0.1) is 10.0 Å². The molecule has 2 fully saturated rings. The molecular formula is C11H17IO2. The monoisotopic (exact) mass is 308 g/mol. The summed E-state index contributed by atoms with van der Waals surface area (Å²) in [5.74, 6) is 1.49. The Hall–Kier alpha value is 0.360. The first-order valence-corrected chi connectivity index (χ1v) is 6.67. The third-order valence-electron chi connectivity index (χ3n) is 3.73. The number of hydrogen-bond acceptors (Lipinski definition) is 2. The van der Waals surface area contributed by atoms with Crippen molar-refractivity contribution in [3.8, 4) is 0 Å². The first kappa shape index (κ1) is 10.9. The maximum absolute atomic E-state index is 11.9. The molecule has 3 heteroatoms. The van der Waals surface area contributed by atoms with Crippen molar-refractivity contribution in [2.45, 2.75) is 42.1 Å². The zero-order valence-electron chi connectivity index (χ0n) is 8.54. The number of carbonyl (C=O) groups is 1. The molecular weight excluding hydrogens is 291 g/mol. The molecule has 0 saturated heterocycles. The summed E-state index contributed by atoms with van der Waals surface area (Å²) in [6.07, 6.45) is 5.96. The summed E-state index contributed by atoms with van der Waals surface area (Å²) in [4.78, 5) is 11.9. The van der Waals surface area contributed by atoms with Crippen LogP contribution in [0.1, 0.15) is 32.1 Å². The second-order valence-corrected chi connectivity index (χ2v) is 5.99. The van der Waals surface area contributed by atoms with E-state index in [4.69, 9.17) is 4.74 Å². The fourth-order valence-corrected chi connectivity index (χ4v) is 3.69. The molecule has 0 N–H and O–H groups in total. The molecule has 0 bridgehead atoms. The summed E-state index contributed by atoms with van der Waals surface area (Å²) >= 11 is 2.31. The Bertz CT molecular complexity index is 229. The van der Waals surface area contributed by atoms with Crippen LogP contribution in [0.25, 0.3) is 0 Å². The predicted octanol–water partition coefficient (Wildman–Crippen LogP) is 2.58. The SMILES string of the molecule is COC1CCC2C(=O)C(I)CCC2C1. The molecule has 2 rings (SSSR count). The highest BCUT2D eigenvalue weighted by Gasteiger charge is 2.40. The van der Waals surface area contributed by atoms with Gasteiger partial charge in [-0.2, -0.15) is 0 Å². The van der Waals surface area contributed by atoms with E-state index >= 15 is 0 Å². The quantitative estimate of drug-likeness (QED) is 0.550. The molecule has 80 valence electrons. The van der Waals surface area contributed by atoms with Gasteiger partial charge in [0.15, 0.2) is 0 Å². The van der Waals surface area contributed by atoms with E-state index in [0.29, 0.717) is 23.7 Å². The Kier molecular flexibility index (Phi) is 3.47. The minimum atomic E-state index is 0.285. The normalized spacial score (nSPS) is 43.4. The van der Waals surface area contributed by atoms with Crippen molar-refractivity contribution in [2.24, 2.45) is 11.8 Å². The molecule has 2 aliphatic carbocycles. The van der Waals surface area contributed by atoms with E-state index in [1.165, 1.54) is 6.42 Å². The molecule has 0 aromatic rings. The number of fused-ring (bicyclic) bond motifs is 1. The van der Waals surface area contributed by atoms with Gasteiger partial charge in [0, 0.05) is 13.0 Å². The first-order valence-electron chi connectivity index (χ1n) is 5.43. The highest BCUT2D eigenvalue weighted by molar-refractivity contribution is 14.1. The van der Waals surface area contributed by atoms with Crippen LogP contribution in [0.4, 0.5) is 0 Å². The minimum Gasteiger partial charge on any atom is -0.381 e. The molecule has 14 heavy (non-hydrogen) atoms. The van der Waals surface area contributed by atoms with Gasteiger partial charge < -0.3 is 4.74 Å². The molecule has 0 spiro atoms.